The van der Waals surface area contributed by atoms with Crippen LogP contribution in [-0.2, 0) is 13.6 Å². The first kappa shape index (κ1) is 18.3. The summed E-state index contributed by atoms with van der Waals surface area (Å²) in [5, 5.41) is 0. The minimum absolute atomic E-state index is 0.238. The summed E-state index contributed by atoms with van der Waals surface area (Å²) < 4.78 is 6.71. The van der Waals surface area contributed by atoms with E-state index in [1.165, 1.54) is 9.13 Å². The molecular formula is C21H25N5O2. The predicted molar refractivity (Wildman–Crippen MR) is 110 cm³/mol. The maximum Gasteiger partial charge on any atom is 0.332 e. The fourth-order valence-corrected chi connectivity index (χ4v) is 3.89. The van der Waals surface area contributed by atoms with Gasteiger partial charge in [0.25, 0.3) is 5.56 Å². The Hall–Kier alpha value is -3.09. The average Bonchev–Trinajstić information content (AvgIpc) is 3.17. The van der Waals surface area contributed by atoms with Crippen LogP contribution in [0.2, 0.25) is 0 Å². The molecule has 3 aromatic heterocycles. The molecule has 1 unspecified atom stereocenters. The molecule has 0 saturated carbocycles. The molecule has 0 spiro atoms. The van der Waals surface area contributed by atoms with Crippen LogP contribution in [0.25, 0.3) is 16.9 Å². The quantitative estimate of drug-likeness (QED) is 0.548. The van der Waals surface area contributed by atoms with E-state index in [-0.39, 0.29) is 23.8 Å². The van der Waals surface area contributed by atoms with E-state index in [1.807, 2.05) is 48.7 Å². The number of aryl methyl sites for hydroxylation is 3. The third-order valence-electron chi connectivity index (χ3n) is 5.52. The van der Waals surface area contributed by atoms with E-state index < -0.39 is 0 Å². The number of nitrogens with zero attached hydrogens (tertiary/aromatic N) is 5. The SMILES string of the molecule is CCC(C)n1c(C)cn2c3c(=O)n(Cc4cccc(C)c4)c(=O)n(C)c3nc12. The second-order valence-electron chi connectivity index (χ2n) is 7.57. The van der Waals surface area contributed by atoms with Gasteiger partial charge in [-0.25, -0.2) is 4.79 Å². The van der Waals surface area contributed by atoms with Crippen LogP contribution in [0.5, 0.6) is 0 Å². The number of hydrogen-bond donors (Lipinski definition) is 0. The third-order valence-corrected chi connectivity index (χ3v) is 5.52. The molecule has 1 aromatic carbocycles. The Kier molecular flexibility index (Phi) is 4.25. The van der Waals surface area contributed by atoms with Gasteiger partial charge in [-0.2, -0.15) is 4.98 Å². The monoisotopic (exact) mass is 379 g/mol. The lowest BCUT2D eigenvalue weighted by Gasteiger charge is -2.12. The maximum atomic E-state index is 13.3. The Morgan fingerprint density at radius 2 is 1.93 bits per heavy atom. The van der Waals surface area contributed by atoms with Gasteiger partial charge < -0.3 is 4.57 Å². The van der Waals surface area contributed by atoms with E-state index in [0.717, 1.165) is 23.2 Å². The van der Waals surface area contributed by atoms with E-state index in [2.05, 4.69) is 23.4 Å². The van der Waals surface area contributed by atoms with Gasteiger partial charge in [-0.05, 0) is 32.8 Å². The van der Waals surface area contributed by atoms with E-state index in [0.29, 0.717) is 16.9 Å². The largest absolute Gasteiger partial charge is 0.332 e. The molecule has 0 bridgehead atoms. The molecule has 1 atom stereocenters. The van der Waals surface area contributed by atoms with Crippen LogP contribution >= 0.6 is 0 Å². The molecule has 0 amide bonds. The molecule has 0 radical (unpaired) electrons. The van der Waals surface area contributed by atoms with Crippen molar-refractivity contribution in [1.29, 1.82) is 0 Å². The summed E-state index contributed by atoms with van der Waals surface area (Å²) in [6.07, 6.45) is 2.88. The smallest absolute Gasteiger partial charge is 0.311 e. The van der Waals surface area contributed by atoms with Gasteiger partial charge in [0.1, 0.15) is 0 Å². The molecule has 4 aromatic rings. The average molecular weight is 379 g/mol. The van der Waals surface area contributed by atoms with Crippen molar-refractivity contribution >= 4 is 16.9 Å². The summed E-state index contributed by atoms with van der Waals surface area (Å²) in [6.45, 7) is 8.49. The molecule has 0 aliphatic carbocycles. The lowest BCUT2D eigenvalue weighted by Crippen LogP contribution is -2.39. The lowest BCUT2D eigenvalue weighted by molar-refractivity contribution is 0.532. The number of fused-ring (bicyclic) bond motifs is 3. The Morgan fingerprint density at radius 1 is 1.18 bits per heavy atom. The molecule has 146 valence electrons. The normalized spacial score (nSPS) is 12.9. The standard InChI is InChI=1S/C21H25N5O2/c1-6-14(3)26-15(4)11-24-17-18(22-20(24)26)23(5)21(28)25(19(17)27)12-16-9-7-8-13(2)10-16/h7-11,14H,6,12H2,1-5H3. The summed E-state index contributed by atoms with van der Waals surface area (Å²) in [7, 11) is 1.67. The van der Waals surface area contributed by atoms with Gasteiger partial charge in [0, 0.05) is 25.0 Å². The second kappa shape index (κ2) is 6.51. The number of aromatic nitrogens is 5. The van der Waals surface area contributed by atoms with Crippen LogP contribution in [0.1, 0.15) is 43.1 Å². The Labute approximate surface area is 162 Å². The van der Waals surface area contributed by atoms with Crippen molar-refractivity contribution in [2.45, 2.75) is 46.7 Å². The molecule has 0 saturated heterocycles. The Bertz CT molecular complexity index is 1320. The van der Waals surface area contributed by atoms with Crippen molar-refractivity contribution in [3.8, 4) is 0 Å². The van der Waals surface area contributed by atoms with Gasteiger partial charge in [0.2, 0.25) is 5.78 Å². The predicted octanol–water partition coefficient (Wildman–Crippen LogP) is 2.79. The topological polar surface area (TPSA) is 66.2 Å². The van der Waals surface area contributed by atoms with Crippen molar-refractivity contribution in [3.05, 3.63) is 68.1 Å². The highest BCUT2D eigenvalue weighted by Gasteiger charge is 2.21. The summed E-state index contributed by atoms with van der Waals surface area (Å²) in [4.78, 5) is 30.9. The van der Waals surface area contributed by atoms with Crippen LogP contribution < -0.4 is 11.2 Å². The van der Waals surface area contributed by atoms with Crippen LogP contribution in [0.4, 0.5) is 0 Å². The van der Waals surface area contributed by atoms with Crippen LogP contribution in [0, 0.1) is 13.8 Å². The minimum atomic E-state index is -0.355. The first-order valence-corrected chi connectivity index (χ1v) is 9.58. The number of imidazole rings is 2. The van der Waals surface area contributed by atoms with E-state index in [4.69, 9.17) is 0 Å². The Morgan fingerprint density at radius 3 is 2.61 bits per heavy atom. The van der Waals surface area contributed by atoms with Gasteiger partial charge in [-0.3, -0.25) is 18.3 Å². The maximum absolute atomic E-state index is 13.3. The van der Waals surface area contributed by atoms with Gasteiger partial charge in [0.15, 0.2) is 11.2 Å². The first-order chi connectivity index (χ1) is 13.3. The van der Waals surface area contributed by atoms with Crippen molar-refractivity contribution in [2.24, 2.45) is 7.05 Å². The third kappa shape index (κ3) is 2.61. The molecular weight excluding hydrogens is 354 g/mol. The van der Waals surface area contributed by atoms with Crippen LogP contribution in [-0.4, -0.2) is 23.1 Å². The van der Waals surface area contributed by atoms with Gasteiger partial charge in [0.05, 0.1) is 6.54 Å². The molecule has 0 aliphatic heterocycles. The van der Waals surface area contributed by atoms with Crippen LogP contribution in [0.3, 0.4) is 0 Å². The molecule has 0 fully saturated rings. The molecule has 0 N–H and O–H groups in total. The zero-order valence-corrected chi connectivity index (χ0v) is 16.9. The number of rotatable bonds is 4. The van der Waals surface area contributed by atoms with Crippen molar-refractivity contribution in [3.63, 3.8) is 0 Å². The summed E-state index contributed by atoms with van der Waals surface area (Å²) in [6, 6.07) is 8.10. The number of hydrogen-bond acceptors (Lipinski definition) is 3. The summed E-state index contributed by atoms with van der Waals surface area (Å²) >= 11 is 0. The van der Waals surface area contributed by atoms with Gasteiger partial charge >= 0.3 is 5.69 Å². The first-order valence-electron chi connectivity index (χ1n) is 9.58. The minimum Gasteiger partial charge on any atom is -0.311 e. The van der Waals surface area contributed by atoms with E-state index in [1.54, 1.807) is 7.05 Å². The Balaban J connectivity index is 2.02. The lowest BCUT2D eigenvalue weighted by atomic mass is 10.1. The van der Waals surface area contributed by atoms with Gasteiger partial charge in [-0.1, -0.05) is 36.8 Å². The van der Waals surface area contributed by atoms with E-state index >= 15 is 0 Å². The van der Waals surface area contributed by atoms with Crippen molar-refractivity contribution < 1.29 is 0 Å². The summed E-state index contributed by atoms with van der Waals surface area (Å²) in [5.41, 5.74) is 3.25. The zero-order valence-electron chi connectivity index (χ0n) is 16.9. The highest BCUT2D eigenvalue weighted by atomic mass is 16.2. The molecule has 4 rings (SSSR count). The molecule has 0 aliphatic rings. The fraction of sp³-hybridized carbons (Fsp3) is 0.381. The highest BCUT2D eigenvalue weighted by Crippen LogP contribution is 2.22. The van der Waals surface area contributed by atoms with Gasteiger partial charge in [-0.15, -0.1) is 0 Å². The second-order valence-corrected chi connectivity index (χ2v) is 7.57. The molecule has 7 nitrogen and oxygen atoms in total. The zero-order chi connectivity index (χ0) is 20.2. The van der Waals surface area contributed by atoms with Crippen LogP contribution in [0.15, 0.2) is 40.1 Å². The molecule has 28 heavy (non-hydrogen) atoms. The highest BCUT2D eigenvalue weighted by molar-refractivity contribution is 5.75. The van der Waals surface area contributed by atoms with Crippen molar-refractivity contribution in [1.82, 2.24) is 23.1 Å². The van der Waals surface area contributed by atoms with Crippen molar-refractivity contribution in [2.75, 3.05) is 0 Å². The van der Waals surface area contributed by atoms with E-state index in [9.17, 15) is 9.59 Å². The fourth-order valence-electron chi connectivity index (χ4n) is 3.89. The molecule has 3 heterocycles. The molecule has 7 heteroatoms. The number of benzene rings is 1. The summed E-state index contributed by atoms with van der Waals surface area (Å²) in [5.74, 6) is 0.697.